The van der Waals surface area contributed by atoms with Gasteiger partial charge in [0.2, 0.25) is 5.91 Å². The number of hydrogen-bond acceptors (Lipinski definition) is 1. The Balaban J connectivity index is 0.00000109. The number of benzene rings is 2. The van der Waals surface area contributed by atoms with Crippen LogP contribution in [0.1, 0.15) is 51.3 Å². The summed E-state index contributed by atoms with van der Waals surface area (Å²) in [5.41, 5.74) is 3.91. The van der Waals surface area contributed by atoms with Crippen LogP contribution in [0.5, 0.6) is 0 Å². The maximum atomic E-state index is 13.1. The molecule has 0 aromatic heterocycles. The van der Waals surface area contributed by atoms with Gasteiger partial charge >= 0.3 is 0 Å². The van der Waals surface area contributed by atoms with E-state index in [-0.39, 0.29) is 44.5 Å². The van der Waals surface area contributed by atoms with Crippen LogP contribution in [0.15, 0.2) is 48.5 Å². The largest absolute Gasteiger partial charge is 0.306 e. The molecule has 0 bridgehead atoms. The van der Waals surface area contributed by atoms with Gasteiger partial charge in [0.05, 0.1) is 12.2 Å². The molecule has 1 unspecified atom stereocenters. The molecule has 0 fully saturated rings. The average molecular weight is 422 g/mol. The summed E-state index contributed by atoms with van der Waals surface area (Å²) in [5.74, 6) is 6.92. The van der Waals surface area contributed by atoms with Gasteiger partial charge in [-0.1, -0.05) is 76.8 Å². The topological polar surface area (TPSA) is 20.3 Å². The van der Waals surface area contributed by atoms with Gasteiger partial charge in [0.25, 0.3) is 0 Å². The fraction of sp³-hybridized carbons (Fsp3) is 0.348. The fourth-order valence-electron chi connectivity index (χ4n) is 2.71. The smallest absolute Gasteiger partial charge is 0.230 e. The Morgan fingerprint density at radius 1 is 0.923 bits per heavy atom. The molecular weight excluding hydrogens is 395 g/mol. The zero-order valence-corrected chi connectivity index (χ0v) is 19.3. The minimum atomic E-state index is -0.0254. The van der Waals surface area contributed by atoms with Crippen LogP contribution in [0.4, 0.5) is 5.69 Å². The van der Waals surface area contributed by atoms with Crippen molar-refractivity contribution in [3.05, 3.63) is 65.2 Å². The van der Waals surface area contributed by atoms with Crippen molar-refractivity contribution in [3.8, 4) is 11.8 Å². The number of carbonyl (C=O) groups excluding carboxylic acids is 1. The minimum Gasteiger partial charge on any atom is -0.306 e. The molecule has 1 amide bonds. The Morgan fingerprint density at radius 3 is 2.12 bits per heavy atom. The molecule has 2 aromatic carbocycles. The van der Waals surface area contributed by atoms with E-state index in [4.69, 9.17) is 0 Å². The second-order valence-electron chi connectivity index (χ2n) is 6.38. The quantitative estimate of drug-likeness (QED) is 0.606. The molecule has 1 heterocycles. The van der Waals surface area contributed by atoms with Gasteiger partial charge < -0.3 is 4.90 Å². The zero-order chi connectivity index (χ0) is 18.4. The number of amides is 1. The van der Waals surface area contributed by atoms with Crippen LogP contribution in [0.2, 0.25) is 0 Å². The minimum absolute atomic E-state index is 0. The fourth-order valence-corrected chi connectivity index (χ4v) is 2.71. The summed E-state index contributed by atoms with van der Waals surface area (Å²) < 4.78 is 0. The molecular formula is C23H27NOY. The van der Waals surface area contributed by atoms with Crippen LogP contribution in [-0.4, -0.2) is 5.91 Å². The summed E-state index contributed by atoms with van der Waals surface area (Å²) in [4.78, 5) is 15.0. The molecule has 0 saturated carbocycles. The molecule has 1 aliphatic rings. The monoisotopic (exact) mass is 422 g/mol. The Hall–Kier alpha value is -1.43. The molecule has 3 heteroatoms. The third-order valence-electron chi connectivity index (χ3n) is 4.53. The van der Waals surface area contributed by atoms with Crippen LogP contribution in [-0.2, 0) is 44.0 Å². The number of hydrogen-bond donors (Lipinski definition) is 0. The summed E-state index contributed by atoms with van der Waals surface area (Å²) in [5, 5.41) is 0. The molecule has 0 spiro atoms. The van der Waals surface area contributed by atoms with Crippen molar-refractivity contribution in [3.63, 3.8) is 0 Å². The van der Waals surface area contributed by atoms with Gasteiger partial charge in [0, 0.05) is 49.8 Å². The van der Waals surface area contributed by atoms with Crippen molar-refractivity contribution in [2.75, 3.05) is 4.90 Å². The van der Waals surface area contributed by atoms with Crippen LogP contribution < -0.4 is 4.90 Å². The predicted molar refractivity (Wildman–Crippen MR) is 105 cm³/mol. The molecule has 1 radical (unpaired) electrons. The van der Waals surface area contributed by atoms with E-state index in [0.29, 0.717) is 12.5 Å². The first-order chi connectivity index (χ1) is 12.1. The van der Waals surface area contributed by atoms with Gasteiger partial charge in [-0.25, -0.2) is 0 Å². The first-order valence-electron chi connectivity index (χ1n) is 9.08. The second-order valence-corrected chi connectivity index (χ2v) is 6.38. The maximum Gasteiger partial charge on any atom is 0.230 e. The molecule has 0 N–H and O–H groups in total. The van der Waals surface area contributed by atoms with Gasteiger partial charge in [-0.3, -0.25) is 4.79 Å². The van der Waals surface area contributed by atoms with Gasteiger partial charge in [-0.15, -0.1) is 0 Å². The number of anilines is 1. The second kappa shape index (κ2) is 10.7. The average Bonchev–Trinajstić information content (AvgIpc) is 2.64. The normalized spacial score (nSPS) is 12.6. The van der Waals surface area contributed by atoms with Crippen LogP contribution in [0.25, 0.3) is 0 Å². The standard InChI is InChI=1S/C21H21NO.C2H6.Y/c1-15(2)16(3)21(23)22-14-19-10-5-4-8-17(19)12-13-18-9-6-7-11-20(18)22;1-2;/h4-11,15-16H,14H2,1-3H3;1-2H3;. The molecule has 3 rings (SSSR count). The van der Waals surface area contributed by atoms with Gasteiger partial charge in [-0.2, -0.15) is 0 Å². The first-order valence-corrected chi connectivity index (χ1v) is 9.08. The van der Waals surface area contributed by atoms with Crippen LogP contribution >= 0.6 is 0 Å². The van der Waals surface area contributed by atoms with Gasteiger partial charge in [0.15, 0.2) is 0 Å². The van der Waals surface area contributed by atoms with Crippen molar-refractivity contribution in [1.82, 2.24) is 0 Å². The molecule has 0 saturated heterocycles. The Labute approximate surface area is 183 Å². The van der Waals surface area contributed by atoms with E-state index in [1.807, 2.05) is 68.1 Å². The molecule has 0 aliphatic carbocycles. The third-order valence-corrected chi connectivity index (χ3v) is 4.53. The molecule has 133 valence electrons. The molecule has 2 nitrogen and oxygen atoms in total. The molecule has 26 heavy (non-hydrogen) atoms. The van der Waals surface area contributed by atoms with Crippen molar-refractivity contribution in [1.29, 1.82) is 0 Å². The van der Waals surface area contributed by atoms with E-state index in [1.54, 1.807) is 0 Å². The summed E-state index contributed by atoms with van der Waals surface area (Å²) in [6.45, 7) is 10.8. The zero-order valence-electron chi connectivity index (χ0n) is 16.4. The number of carbonyl (C=O) groups is 1. The van der Waals surface area contributed by atoms with Crippen molar-refractivity contribution in [2.45, 2.75) is 41.2 Å². The van der Waals surface area contributed by atoms with E-state index in [9.17, 15) is 4.79 Å². The van der Waals surface area contributed by atoms with Crippen LogP contribution in [0, 0.1) is 23.7 Å². The van der Waals surface area contributed by atoms with Gasteiger partial charge in [-0.05, 0) is 29.7 Å². The Morgan fingerprint density at radius 2 is 1.46 bits per heavy atom. The van der Waals surface area contributed by atoms with E-state index < -0.39 is 0 Å². The van der Waals surface area contributed by atoms with Crippen LogP contribution in [0.3, 0.4) is 0 Å². The summed E-state index contributed by atoms with van der Waals surface area (Å²) in [7, 11) is 0. The molecule has 1 aliphatic heterocycles. The number of rotatable bonds is 2. The Kier molecular flexibility index (Phi) is 9.27. The van der Waals surface area contributed by atoms with E-state index in [2.05, 4.69) is 31.8 Å². The predicted octanol–water partition coefficient (Wildman–Crippen LogP) is 5.25. The SMILES string of the molecule is CC.CC(C)C(C)C(=O)N1Cc2ccccc2C#Cc2ccccc21.[Y]. The number of fused-ring (bicyclic) bond motifs is 2. The van der Waals surface area contributed by atoms with E-state index in [1.165, 1.54) is 0 Å². The maximum absolute atomic E-state index is 13.1. The van der Waals surface area contributed by atoms with E-state index >= 15 is 0 Å². The van der Waals surface area contributed by atoms with E-state index in [0.717, 1.165) is 22.4 Å². The summed E-state index contributed by atoms with van der Waals surface area (Å²) in [6, 6.07) is 16.0. The molecule has 2 aromatic rings. The third kappa shape index (κ3) is 5.06. The number of para-hydroxylation sites is 1. The molecule has 1 atom stereocenters. The first kappa shape index (κ1) is 22.6. The van der Waals surface area contributed by atoms with Crippen molar-refractivity contribution >= 4 is 11.6 Å². The Bertz CT molecular complexity index is 801. The summed E-state index contributed by atoms with van der Waals surface area (Å²) >= 11 is 0. The number of nitrogens with zero attached hydrogens (tertiary/aromatic N) is 1. The van der Waals surface area contributed by atoms with Crippen molar-refractivity contribution in [2.24, 2.45) is 11.8 Å². The van der Waals surface area contributed by atoms with Gasteiger partial charge in [0.1, 0.15) is 0 Å². The van der Waals surface area contributed by atoms with Crippen molar-refractivity contribution < 1.29 is 37.5 Å². The summed E-state index contributed by atoms with van der Waals surface area (Å²) in [6.07, 6.45) is 0.